The van der Waals surface area contributed by atoms with Gasteiger partial charge in [0.05, 0.1) is 5.25 Å². The molecule has 0 N–H and O–H groups in total. The number of piperazine rings is 1. The number of thioether (sulfide) groups is 1. The summed E-state index contributed by atoms with van der Waals surface area (Å²) >= 11 is 1.59. The minimum Gasteiger partial charge on any atom is -0.368 e. The topological polar surface area (TPSA) is 54.3 Å². The minimum absolute atomic E-state index is 0.128. The van der Waals surface area contributed by atoms with Gasteiger partial charge in [-0.2, -0.15) is 0 Å². The molecule has 5 rings (SSSR count). The Balaban J connectivity index is 1.21. The fourth-order valence-corrected chi connectivity index (χ4v) is 4.96. The fraction of sp³-hybridized carbons (Fsp3) is 0.571. The lowest BCUT2D eigenvalue weighted by atomic mass is 10.2. The molecule has 7 heteroatoms. The second kappa shape index (κ2) is 7.43. The van der Waals surface area contributed by atoms with Gasteiger partial charge < -0.3 is 14.4 Å². The van der Waals surface area contributed by atoms with Gasteiger partial charge in [-0.05, 0) is 44.7 Å². The first kappa shape index (κ1) is 18.0. The van der Waals surface area contributed by atoms with Gasteiger partial charge in [0.15, 0.2) is 5.16 Å². The molecule has 3 fully saturated rings. The first-order valence-electron chi connectivity index (χ1n) is 10.4. The molecule has 0 unspecified atom stereocenters. The van der Waals surface area contributed by atoms with E-state index in [1.165, 1.54) is 31.4 Å². The summed E-state index contributed by atoms with van der Waals surface area (Å²) in [5.41, 5.74) is 1.24. The van der Waals surface area contributed by atoms with Crippen LogP contribution in [0.4, 0.5) is 5.69 Å². The van der Waals surface area contributed by atoms with Crippen LogP contribution in [0.1, 0.15) is 50.4 Å². The molecule has 1 atom stereocenters. The molecular formula is C21H27N5OS. The molecule has 2 saturated carbocycles. The van der Waals surface area contributed by atoms with E-state index in [0.717, 1.165) is 37.2 Å². The van der Waals surface area contributed by atoms with Gasteiger partial charge in [-0.15, -0.1) is 10.2 Å². The van der Waals surface area contributed by atoms with E-state index in [4.69, 9.17) is 0 Å². The number of para-hydroxylation sites is 1. The maximum absolute atomic E-state index is 13.0. The highest BCUT2D eigenvalue weighted by atomic mass is 32.2. The number of carbonyl (C=O) groups excluding carboxylic acids is 1. The Hall–Kier alpha value is -2.02. The van der Waals surface area contributed by atoms with Crippen molar-refractivity contribution in [2.45, 2.75) is 55.0 Å². The van der Waals surface area contributed by atoms with Crippen LogP contribution in [0.2, 0.25) is 0 Å². The van der Waals surface area contributed by atoms with Crippen molar-refractivity contribution < 1.29 is 4.79 Å². The second-order valence-corrected chi connectivity index (χ2v) is 9.43. The van der Waals surface area contributed by atoms with Crippen LogP contribution in [0, 0.1) is 0 Å². The zero-order valence-electron chi connectivity index (χ0n) is 16.3. The van der Waals surface area contributed by atoms with Gasteiger partial charge in [0.1, 0.15) is 5.82 Å². The Kier molecular flexibility index (Phi) is 4.78. The van der Waals surface area contributed by atoms with Crippen LogP contribution in [0.15, 0.2) is 35.5 Å². The molecule has 2 aromatic rings. The first-order valence-corrected chi connectivity index (χ1v) is 11.3. The fourth-order valence-electron chi connectivity index (χ4n) is 3.95. The van der Waals surface area contributed by atoms with Crippen molar-refractivity contribution >= 4 is 23.4 Å². The van der Waals surface area contributed by atoms with E-state index in [1.54, 1.807) is 11.8 Å². The molecule has 2 heterocycles. The highest BCUT2D eigenvalue weighted by Crippen LogP contribution is 2.46. The lowest BCUT2D eigenvalue weighted by Crippen LogP contribution is -2.50. The Labute approximate surface area is 170 Å². The summed E-state index contributed by atoms with van der Waals surface area (Å²) in [4.78, 5) is 17.4. The summed E-state index contributed by atoms with van der Waals surface area (Å²) < 4.78 is 2.33. The predicted octanol–water partition coefficient (Wildman–Crippen LogP) is 3.32. The van der Waals surface area contributed by atoms with E-state index in [2.05, 4.69) is 43.9 Å². The number of carbonyl (C=O) groups is 1. The normalized spacial score (nSPS) is 21.0. The van der Waals surface area contributed by atoms with E-state index in [0.29, 0.717) is 12.0 Å². The number of amides is 1. The maximum atomic E-state index is 13.0. The number of benzene rings is 1. The van der Waals surface area contributed by atoms with Gasteiger partial charge >= 0.3 is 0 Å². The zero-order chi connectivity index (χ0) is 19.1. The molecule has 2 aliphatic carbocycles. The van der Waals surface area contributed by atoms with Crippen LogP contribution in [-0.4, -0.2) is 57.0 Å². The number of anilines is 1. The number of nitrogens with zero attached hydrogens (tertiary/aromatic N) is 5. The van der Waals surface area contributed by atoms with Crippen molar-refractivity contribution in [2.24, 2.45) is 0 Å². The van der Waals surface area contributed by atoms with Crippen LogP contribution in [0.5, 0.6) is 0 Å². The molecule has 1 saturated heterocycles. The lowest BCUT2D eigenvalue weighted by molar-refractivity contribution is -0.130. The van der Waals surface area contributed by atoms with Gasteiger partial charge in [0.25, 0.3) is 0 Å². The molecule has 1 aromatic heterocycles. The predicted molar refractivity (Wildman–Crippen MR) is 111 cm³/mol. The summed E-state index contributed by atoms with van der Waals surface area (Å²) in [7, 11) is 0. The molecule has 148 valence electrons. The molecule has 1 amide bonds. The van der Waals surface area contributed by atoms with Crippen LogP contribution in [0.25, 0.3) is 0 Å². The smallest absolute Gasteiger partial charge is 0.236 e. The quantitative estimate of drug-likeness (QED) is 0.700. The highest BCUT2D eigenvalue weighted by Gasteiger charge is 2.37. The lowest BCUT2D eigenvalue weighted by Gasteiger charge is -2.37. The van der Waals surface area contributed by atoms with Crippen LogP contribution < -0.4 is 4.90 Å². The second-order valence-electron chi connectivity index (χ2n) is 8.12. The third-order valence-electron chi connectivity index (χ3n) is 5.89. The number of hydrogen-bond donors (Lipinski definition) is 0. The zero-order valence-corrected chi connectivity index (χ0v) is 17.1. The number of rotatable bonds is 6. The maximum Gasteiger partial charge on any atom is 0.236 e. The SMILES string of the molecule is C[C@H](Sc1nnc(C2CC2)n1C1CC1)C(=O)N1CCN(c2ccccc2)CC1. The van der Waals surface area contributed by atoms with Crippen molar-refractivity contribution in [3.05, 3.63) is 36.2 Å². The van der Waals surface area contributed by atoms with Crippen LogP contribution >= 0.6 is 11.8 Å². The van der Waals surface area contributed by atoms with E-state index < -0.39 is 0 Å². The van der Waals surface area contributed by atoms with Gasteiger partial charge in [0, 0.05) is 43.8 Å². The Morgan fingerprint density at radius 2 is 1.75 bits per heavy atom. The summed E-state index contributed by atoms with van der Waals surface area (Å²) in [5.74, 6) is 1.97. The van der Waals surface area contributed by atoms with Crippen molar-refractivity contribution in [3.63, 3.8) is 0 Å². The first-order chi connectivity index (χ1) is 13.7. The van der Waals surface area contributed by atoms with Gasteiger partial charge in [0.2, 0.25) is 5.91 Å². The third-order valence-corrected chi connectivity index (χ3v) is 6.93. The Bertz CT molecular complexity index is 838. The van der Waals surface area contributed by atoms with E-state index >= 15 is 0 Å². The monoisotopic (exact) mass is 397 g/mol. The molecule has 6 nitrogen and oxygen atoms in total. The van der Waals surface area contributed by atoms with Crippen molar-refractivity contribution in [2.75, 3.05) is 31.1 Å². The molecular weight excluding hydrogens is 370 g/mol. The minimum atomic E-state index is -0.128. The summed E-state index contributed by atoms with van der Waals surface area (Å²) in [5, 5.41) is 9.73. The average Bonchev–Trinajstić information content (AvgIpc) is 3.67. The summed E-state index contributed by atoms with van der Waals surface area (Å²) in [6, 6.07) is 11.0. The van der Waals surface area contributed by atoms with Crippen LogP contribution in [0.3, 0.4) is 0 Å². The molecule has 1 aromatic carbocycles. The Morgan fingerprint density at radius 1 is 1.04 bits per heavy atom. The van der Waals surface area contributed by atoms with Crippen molar-refractivity contribution in [3.8, 4) is 0 Å². The van der Waals surface area contributed by atoms with Crippen molar-refractivity contribution in [1.29, 1.82) is 0 Å². The molecule has 1 aliphatic heterocycles. The molecule has 28 heavy (non-hydrogen) atoms. The Morgan fingerprint density at radius 3 is 2.39 bits per heavy atom. The number of aromatic nitrogens is 3. The van der Waals surface area contributed by atoms with Gasteiger partial charge in [-0.3, -0.25) is 4.79 Å². The molecule has 3 aliphatic rings. The number of hydrogen-bond acceptors (Lipinski definition) is 5. The molecule has 0 radical (unpaired) electrons. The summed E-state index contributed by atoms with van der Waals surface area (Å²) in [6.07, 6.45) is 4.90. The average molecular weight is 398 g/mol. The van der Waals surface area contributed by atoms with E-state index in [9.17, 15) is 4.79 Å². The van der Waals surface area contributed by atoms with Gasteiger partial charge in [-0.25, -0.2) is 0 Å². The van der Waals surface area contributed by atoms with E-state index in [1.807, 2.05) is 17.9 Å². The highest BCUT2D eigenvalue weighted by molar-refractivity contribution is 8.00. The third kappa shape index (κ3) is 3.64. The largest absolute Gasteiger partial charge is 0.368 e. The summed E-state index contributed by atoms with van der Waals surface area (Å²) in [6.45, 7) is 5.34. The van der Waals surface area contributed by atoms with E-state index in [-0.39, 0.29) is 11.2 Å². The van der Waals surface area contributed by atoms with Crippen LogP contribution in [-0.2, 0) is 4.79 Å². The molecule has 0 bridgehead atoms. The van der Waals surface area contributed by atoms with Crippen molar-refractivity contribution in [1.82, 2.24) is 19.7 Å². The molecule has 0 spiro atoms. The van der Waals surface area contributed by atoms with Gasteiger partial charge in [-0.1, -0.05) is 30.0 Å². The standard InChI is InChI=1S/C21H27N5OS/c1-15(28-21-23-22-19(16-7-8-16)26(21)18-9-10-18)20(27)25-13-11-24(12-14-25)17-5-3-2-4-6-17/h2-6,15-16,18H,7-14H2,1H3/t15-/m0/s1.